The fraction of sp³-hybridized carbons (Fsp3) is 0.417. The SMILES string of the molecule is Cc1nc(CCN)cc(NCCc2cnc[nH]2)n1. The monoisotopic (exact) mass is 246 g/mol. The first-order chi connectivity index (χ1) is 8.78. The van der Waals surface area contributed by atoms with Gasteiger partial charge in [-0.2, -0.15) is 0 Å². The molecule has 2 rings (SSSR count). The van der Waals surface area contributed by atoms with Crippen LogP contribution in [0.2, 0.25) is 0 Å². The Morgan fingerprint density at radius 2 is 2.22 bits per heavy atom. The van der Waals surface area contributed by atoms with Crippen molar-refractivity contribution in [3.05, 3.63) is 35.8 Å². The molecule has 0 bridgehead atoms. The average molecular weight is 246 g/mol. The van der Waals surface area contributed by atoms with E-state index in [1.807, 2.05) is 19.2 Å². The largest absolute Gasteiger partial charge is 0.370 e. The second-order valence-corrected chi connectivity index (χ2v) is 4.08. The summed E-state index contributed by atoms with van der Waals surface area (Å²) in [5.41, 5.74) is 7.62. The summed E-state index contributed by atoms with van der Waals surface area (Å²) in [4.78, 5) is 15.7. The Morgan fingerprint density at radius 3 is 2.94 bits per heavy atom. The summed E-state index contributed by atoms with van der Waals surface area (Å²) in [5.74, 6) is 1.62. The van der Waals surface area contributed by atoms with E-state index >= 15 is 0 Å². The van der Waals surface area contributed by atoms with Crippen LogP contribution < -0.4 is 11.1 Å². The summed E-state index contributed by atoms with van der Waals surface area (Å²) in [6, 6.07) is 1.95. The van der Waals surface area contributed by atoms with Crippen LogP contribution in [0.25, 0.3) is 0 Å². The van der Waals surface area contributed by atoms with Gasteiger partial charge in [0.2, 0.25) is 0 Å². The summed E-state index contributed by atoms with van der Waals surface area (Å²) < 4.78 is 0. The molecule has 4 N–H and O–H groups in total. The number of aryl methyl sites for hydroxylation is 1. The van der Waals surface area contributed by atoms with Gasteiger partial charge in [0.1, 0.15) is 11.6 Å². The van der Waals surface area contributed by atoms with E-state index in [4.69, 9.17) is 5.73 Å². The van der Waals surface area contributed by atoms with Crippen LogP contribution >= 0.6 is 0 Å². The van der Waals surface area contributed by atoms with Crippen LogP contribution in [-0.4, -0.2) is 33.0 Å². The van der Waals surface area contributed by atoms with Crippen LogP contribution in [-0.2, 0) is 12.8 Å². The third-order valence-electron chi connectivity index (χ3n) is 2.55. The van der Waals surface area contributed by atoms with Crippen LogP contribution in [0, 0.1) is 6.92 Å². The number of nitrogens with zero attached hydrogens (tertiary/aromatic N) is 3. The molecule has 0 amide bonds. The Labute approximate surface area is 106 Å². The molecule has 0 spiro atoms. The molecule has 0 aliphatic rings. The Kier molecular flexibility index (Phi) is 4.25. The zero-order valence-corrected chi connectivity index (χ0v) is 10.5. The quantitative estimate of drug-likeness (QED) is 0.696. The van der Waals surface area contributed by atoms with E-state index in [1.54, 1.807) is 6.33 Å². The second kappa shape index (κ2) is 6.11. The number of hydrogen-bond acceptors (Lipinski definition) is 5. The number of anilines is 1. The molecule has 0 fully saturated rings. The summed E-state index contributed by atoms with van der Waals surface area (Å²) in [7, 11) is 0. The molecule has 6 nitrogen and oxygen atoms in total. The molecule has 0 aliphatic carbocycles. The topological polar surface area (TPSA) is 92.5 Å². The van der Waals surface area contributed by atoms with Crippen molar-refractivity contribution in [2.45, 2.75) is 19.8 Å². The average Bonchev–Trinajstić information content (AvgIpc) is 2.82. The molecule has 18 heavy (non-hydrogen) atoms. The van der Waals surface area contributed by atoms with E-state index in [0.29, 0.717) is 6.54 Å². The fourth-order valence-corrected chi connectivity index (χ4v) is 1.74. The van der Waals surface area contributed by atoms with Crippen LogP contribution in [0.4, 0.5) is 5.82 Å². The predicted molar refractivity (Wildman–Crippen MR) is 70.3 cm³/mol. The molecule has 0 unspecified atom stereocenters. The Bertz CT molecular complexity index is 479. The minimum absolute atomic E-state index is 0.601. The Balaban J connectivity index is 1.92. The zero-order chi connectivity index (χ0) is 12.8. The van der Waals surface area contributed by atoms with Gasteiger partial charge in [-0.25, -0.2) is 15.0 Å². The van der Waals surface area contributed by atoms with Crippen molar-refractivity contribution in [3.63, 3.8) is 0 Å². The van der Waals surface area contributed by atoms with Crippen molar-refractivity contribution >= 4 is 5.82 Å². The first-order valence-electron chi connectivity index (χ1n) is 6.03. The number of aromatic amines is 1. The van der Waals surface area contributed by atoms with Gasteiger partial charge in [-0.15, -0.1) is 0 Å². The highest BCUT2D eigenvalue weighted by Gasteiger charge is 2.01. The minimum atomic E-state index is 0.601. The summed E-state index contributed by atoms with van der Waals surface area (Å²) in [6.07, 6.45) is 5.17. The molecule has 0 radical (unpaired) electrons. The Morgan fingerprint density at radius 1 is 1.33 bits per heavy atom. The van der Waals surface area contributed by atoms with E-state index in [2.05, 4.69) is 25.3 Å². The smallest absolute Gasteiger partial charge is 0.129 e. The van der Waals surface area contributed by atoms with Gasteiger partial charge in [0.25, 0.3) is 0 Å². The molecule has 6 heteroatoms. The van der Waals surface area contributed by atoms with Crippen molar-refractivity contribution in [3.8, 4) is 0 Å². The maximum atomic E-state index is 5.53. The molecule has 0 aliphatic heterocycles. The molecule has 2 heterocycles. The maximum absolute atomic E-state index is 5.53. The number of imidazole rings is 1. The van der Waals surface area contributed by atoms with Crippen LogP contribution in [0.1, 0.15) is 17.2 Å². The number of hydrogen-bond donors (Lipinski definition) is 3. The van der Waals surface area contributed by atoms with E-state index in [0.717, 1.165) is 42.4 Å². The maximum Gasteiger partial charge on any atom is 0.129 e. The summed E-state index contributed by atoms with van der Waals surface area (Å²) in [6.45, 7) is 3.30. The number of nitrogens with two attached hydrogens (primary N) is 1. The standard InChI is InChI=1S/C12H18N6/c1-9-17-10(2-4-13)6-12(18-9)15-5-3-11-7-14-8-16-11/h6-8H,2-5,13H2,1H3,(H,14,16)(H,15,17,18). The third-order valence-corrected chi connectivity index (χ3v) is 2.55. The van der Waals surface area contributed by atoms with Crippen molar-refractivity contribution < 1.29 is 0 Å². The van der Waals surface area contributed by atoms with Gasteiger partial charge in [0.15, 0.2) is 0 Å². The van der Waals surface area contributed by atoms with Gasteiger partial charge in [0, 0.05) is 43.0 Å². The third kappa shape index (κ3) is 3.53. The summed E-state index contributed by atoms with van der Waals surface area (Å²) >= 11 is 0. The lowest BCUT2D eigenvalue weighted by atomic mass is 10.3. The lowest BCUT2D eigenvalue weighted by Gasteiger charge is -2.07. The number of aromatic nitrogens is 4. The van der Waals surface area contributed by atoms with E-state index in [9.17, 15) is 0 Å². The van der Waals surface area contributed by atoms with Gasteiger partial charge in [-0.3, -0.25) is 0 Å². The van der Waals surface area contributed by atoms with Crippen molar-refractivity contribution in [1.29, 1.82) is 0 Å². The highest BCUT2D eigenvalue weighted by atomic mass is 15.0. The second-order valence-electron chi connectivity index (χ2n) is 4.08. The van der Waals surface area contributed by atoms with Crippen molar-refractivity contribution in [2.24, 2.45) is 5.73 Å². The van der Waals surface area contributed by atoms with Crippen molar-refractivity contribution in [2.75, 3.05) is 18.4 Å². The number of rotatable bonds is 6. The molecule has 2 aromatic heterocycles. The van der Waals surface area contributed by atoms with Gasteiger partial charge in [-0.1, -0.05) is 0 Å². The van der Waals surface area contributed by atoms with Crippen molar-refractivity contribution in [1.82, 2.24) is 19.9 Å². The van der Waals surface area contributed by atoms with E-state index in [-0.39, 0.29) is 0 Å². The molecule has 0 saturated carbocycles. The molecule has 2 aromatic rings. The normalized spacial score (nSPS) is 10.6. The predicted octanol–water partition coefficient (Wildman–Crippen LogP) is 0.664. The van der Waals surface area contributed by atoms with Crippen LogP contribution in [0.3, 0.4) is 0 Å². The Hall–Kier alpha value is -1.95. The minimum Gasteiger partial charge on any atom is -0.370 e. The molecule has 0 saturated heterocycles. The summed E-state index contributed by atoms with van der Waals surface area (Å²) in [5, 5.41) is 3.28. The fourth-order valence-electron chi connectivity index (χ4n) is 1.74. The first kappa shape index (κ1) is 12.5. The van der Waals surface area contributed by atoms with E-state index in [1.165, 1.54) is 0 Å². The lowest BCUT2D eigenvalue weighted by molar-refractivity contribution is 0.882. The molecule has 0 atom stereocenters. The number of nitrogens with one attached hydrogen (secondary N) is 2. The van der Waals surface area contributed by atoms with Crippen LogP contribution in [0.15, 0.2) is 18.6 Å². The van der Waals surface area contributed by atoms with Gasteiger partial charge in [0.05, 0.1) is 6.33 Å². The zero-order valence-electron chi connectivity index (χ0n) is 10.5. The van der Waals surface area contributed by atoms with Gasteiger partial charge in [-0.05, 0) is 13.5 Å². The molecular formula is C12H18N6. The molecule has 96 valence electrons. The van der Waals surface area contributed by atoms with E-state index < -0.39 is 0 Å². The van der Waals surface area contributed by atoms with Crippen LogP contribution in [0.5, 0.6) is 0 Å². The van der Waals surface area contributed by atoms with Gasteiger partial charge >= 0.3 is 0 Å². The number of H-pyrrole nitrogens is 1. The highest BCUT2D eigenvalue weighted by Crippen LogP contribution is 2.07. The lowest BCUT2D eigenvalue weighted by Crippen LogP contribution is -2.10. The molecular weight excluding hydrogens is 228 g/mol. The highest BCUT2D eigenvalue weighted by molar-refractivity contribution is 5.36. The first-order valence-corrected chi connectivity index (χ1v) is 6.03. The van der Waals surface area contributed by atoms with Gasteiger partial charge < -0.3 is 16.0 Å². The molecule has 0 aromatic carbocycles.